The molecule has 572 valence electrons. The minimum atomic E-state index is -4.37. The summed E-state index contributed by atoms with van der Waals surface area (Å²) in [7, 11) is -1.69. The Morgan fingerprint density at radius 3 is 2.15 bits per heavy atom. The predicted molar refractivity (Wildman–Crippen MR) is 371 cm³/mol. The average Bonchev–Trinajstić information content (AvgIpc) is 1.63. The number of hydrogen-bond donors (Lipinski definition) is 9. The number of benzene rings is 2. The van der Waals surface area contributed by atoms with Gasteiger partial charge in [-0.05, 0) is 79.8 Å². The molecule has 0 aromatic heterocycles. The van der Waals surface area contributed by atoms with Gasteiger partial charge in [-0.3, -0.25) is 52.5 Å². The van der Waals surface area contributed by atoms with Crippen LogP contribution >= 0.6 is 11.6 Å². The standard InChI is InChI=1S/C71H101ClN6O24S/c1-11-32-98-60(86)28-31-78(59(85)26-25-55(81)73-29-33-103(93,94)95)30-27-58(84)77-61(41(4)5)50(80)37-46(21-24-56(82)74-38-54-62(87)63(88)64(89)69(97-10)100-54)49(79)22-17-43-15-19-45(20-16-43)66-65(102-66)42(6)51-13-12-14-57(83)76-48(36-44-18-23-52(96-9)47(72)35-44)67(90)75-39-71(7,8)70(92)101-53(34-40(2)3)68(91)99-51/h11-12,14-16,18-20,23,35,40-42,46,48,51,53-54,61-66,69,87-89H,1,13,17,21-22,24-34,36-39H2,2-10H3,(H,73,81)(H,74,82)(H,75,90)(H,76,83)(H,77,84)(H,93,94,95)/b14-12+/t42-,46+,48+,51-,53-,54+,61-,62+,63-,64+,65+,66+,69+/m0/s1. The van der Waals surface area contributed by atoms with Crippen molar-refractivity contribution < 1.29 is 114 Å². The Hall–Kier alpha value is -7.75. The van der Waals surface area contributed by atoms with Crippen LogP contribution in [-0.4, -0.2) is 219 Å². The smallest absolute Gasteiger partial charge is 0.347 e. The van der Waals surface area contributed by atoms with Gasteiger partial charge >= 0.3 is 17.9 Å². The molecule has 6 amide bonds. The van der Waals surface area contributed by atoms with Gasteiger partial charge in [-0.1, -0.05) is 95.3 Å². The van der Waals surface area contributed by atoms with E-state index < -0.39 is 197 Å². The third-order valence-corrected chi connectivity index (χ3v) is 18.8. The van der Waals surface area contributed by atoms with Gasteiger partial charge in [0.2, 0.25) is 35.4 Å². The largest absolute Gasteiger partial charge is 0.495 e. The second kappa shape index (κ2) is 41.1. The third kappa shape index (κ3) is 28.3. The lowest BCUT2D eigenvalue weighted by molar-refractivity contribution is -0.288. The van der Waals surface area contributed by atoms with E-state index in [4.69, 9.17) is 49.3 Å². The molecule has 0 radical (unpaired) electrons. The van der Waals surface area contributed by atoms with E-state index in [1.165, 1.54) is 32.4 Å². The number of aryl methyl sites for hydroxylation is 1. The molecule has 32 heteroatoms. The number of rotatable bonds is 37. The number of carbonyl (C=O) groups is 11. The first-order valence-corrected chi connectivity index (χ1v) is 36.4. The molecule has 9 N–H and O–H groups in total. The lowest BCUT2D eigenvalue weighted by atomic mass is 9.85. The average molecular weight is 1490 g/mol. The molecule has 103 heavy (non-hydrogen) atoms. The highest BCUT2D eigenvalue weighted by Gasteiger charge is 2.49. The maximum atomic E-state index is 14.4. The molecule has 3 aliphatic rings. The van der Waals surface area contributed by atoms with E-state index in [0.29, 0.717) is 21.9 Å². The molecular weight excluding hydrogens is 1390 g/mol. The van der Waals surface area contributed by atoms with Crippen LogP contribution in [0.4, 0.5) is 0 Å². The Labute approximate surface area is 605 Å². The zero-order valence-electron chi connectivity index (χ0n) is 59.8. The van der Waals surface area contributed by atoms with Crippen LogP contribution in [0.25, 0.3) is 0 Å². The normalized spacial score (nSPS) is 23.6. The van der Waals surface area contributed by atoms with Crippen molar-refractivity contribution in [1.82, 2.24) is 31.5 Å². The van der Waals surface area contributed by atoms with Gasteiger partial charge in [0.05, 0.1) is 41.9 Å². The number of Topliss-reactive ketones (excluding diaryl/α,β-unsaturated/α-hetero) is 2. The number of nitrogens with one attached hydrogen (secondary N) is 5. The zero-order valence-corrected chi connectivity index (χ0v) is 61.3. The van der Waals surface area contributed by atoms with Gasteiger partial charge in [0.1, 0.15) is 60.8 Å². The summed E-state index contributed by atoms with van der Waals surface area (Å²) in [4.78, 5) is 151. The number of aliphatic hydroxyl groups is 3. The summed E-state index contributed by atoms with van der Waals surface area (Å²) in [6.45, 7) is 13.9. The molecule has 0 spiro atoms. The SMILES string of the molecule is C=CCOC(=O)CCN(CCC(=O)N[C@H](C(=O)C[C@@H](CCC(=O)NC[C@H]1O[C@@H](OC)[C@H](O)[C@@H](O)[C@@H]1O)C(=O)CCc1ccc([C@H]2O[C@@H]2[C@@H](C)[C@@H]2C/C=C/C(=O)N[C@H](Cc3ccc(OC)c(Cl)c3)C(=O)NCC(C)(C)C(=O)O[C@@H](CC(C)C)C(=O)O2)cc1)C(C)C)C(=O)CCC(=O)NCCS(=O)(=O)O. The Bertz CT molecular complexity index is 3420. The molecule has 0 unspecified atom stereocenters. The molecule has 0 saturated carbocycles. The van der Waals surface area contributed by atoms with E-state index in [-0.39, 0.29) is 96.5 Å². The van der Waals surface area contributed by atoms with Crippen LogP contribution in [0, 0.1) is 29.1 Å². The minimum absolute atomic E-state index is 0.0106. The van der Waals surface area contributed by atoms with Crippen LogP contribution < -0.4 is 31.3 Å². The summed E-state index contributed by atoms with van der Waals surface area (Å²) in [5, 5.41) is 44.6. The van der Waals surface area contributed by atoms with Crippen LogP contribution in [0.3, 0.4) is 0 Å². The van der Waals surface area contributed by atoms with E-state index in [0.717, 1.165) is 10.5 Å². The number of ketones is 2. The summed E-state index contributed by atoms with van der Waals surface area (Å²) in [5.74, 6) is -9.69. The van der Waals surface area contributed by atoms with Crippen LogP contribution in [0.2, 0.25) is 5.02 Å². The molecule has 0 aliphatic carbocycles. The number of epoxide rings is 1. The first-order chi connectivity index (χ1) is 48.5. The number of esters is 3. The van der Waals surface area contributed by atoms with Gasteiger partial charge in [-0.2, -0.15) is 8.42 Å². The summed E-state index contributed by atoms with van der Waals surface area (Å²) in [5.41, 5.74) is 0.724. The molecule has 13 atom stereocenters. The number of hydrogen-bond acceptors (Lipinski definition) is 23. The zero-order chi connectivity index (χ0) is 76.5. The van der Waals surface area contributed by atoms with E-state index in [1.807, 2.05) is 32.9 Å². The Morgan fingerprint density at radius 2 is 1.50 bits per heavy atom. The molecule has 3 heterocycles. The van der Waals surface area contributed by atoms with E-state index in [1.54, 1.807) is 58.0 Å². The Morgan fingerprint density at radius 1 is 0.825 bits per heavy atom. The third-order valence-electron chi connectivity index (χ3n) is 17.8. The monoisotopic (exact) mass is 1490 g/mol. The van der Waals surface area contributed by atoms with Crippen molar-refractivity contribution in [2.75, 3.05) is 59.3 Å². The van der Waals surface area contributed by atoms with Crippen molar-refractivity contribution >= 4 is 86.6 Å². The lowest BCUT2D eigenvalue weighted by Crippen LogP contribution is -2.60. The van der Waals surface area contributed by atoms with Crippen LogP contribution in [0.5, 0.6) is 5.75 Å². The quantitative estimate of drug-likeness (QED) is 0.0154. The van der Waals surface area contributed by atoms with E-state index >= 15 is 0 Å². The molecule has 3 aliphatic heterocycles. The highest BCUT2D eigenvalue weighted by atomic mass is 35.5. The van der Waals surface area contributed by atoms with Crippen molar-refractivity contribution in [2.24, 2.45) is 29.1 Å². The molecule has 0 bridgehead atoms. The van der Waals surface area contributed by atoms with Crippen LogP contribution in [0.15, 0.2) is 67.3 Å². The van der Waals surface area contributed by atoms with Crippen LogP contribution in [-0.2, 0) is 104 Å². The first-order valence-electron chi connectivity index (χ1n) is 34.4. The maximum absolute atomic E-state index is 14.4. The van der Waals surface area contributed by atoms with Crippen molar-refractivity contribution in [3.05, 3.63) is 89.0 Å². The van der Waals surface area contributed by atoms with Gasteiger partial charge in [0, 0.05) is 103 Å². The van der Waals surface area contributed by atoms with Crippen molar-refractivity contribution in [1.29, 1.82) is 0 Å². The van der Waals surface area contributed by atoms with Crippen LogP contribution in [0.1, 0.15) is 135 Å². The van der Waals surface area contributed by atoms with Crippen molar-refractivity contribution in [3.8, 4) is 5.75 Å². The number of ether oxygens (including phenoxy) is 7. The van der Waals surface area contributed by atoms with Gasteiger partial charge in [-0.15, -0.1) is 0 Å². The Balaban J connectivity index is 1.30. The molecule has 2 fully saturated rings. The van der Waals surface area contributed by atoms with Gasteiger partial charge < -0.3 is 80.0 Å². The number of aliphatic hydroxyl groups excluding tert-OH is 3. The second-order valence-electron chi connectivity index (χ2n) is 27.3. The maximum Gasteiger partial charge on any atom is 0.347 e. The van der Waals surface area contributed by atoms with E-state index in [2.05, 4.69) is 33.2 Å². The second-order valence-corrected chi connectivity index (χ2v) is 29.3. The predicted octanol–water partition coefficient (Wildman–Crippen LogP) is 2.81. The molecule has 2 saturated heterocycles. The molecular formula is C71H101ClN6O24S. The number of amides is 6. The first kappa shape index (κ1) is 85.9. The summed E-state index contributed by atoms with van der Waals surface area (Å²) < 4.78 is 70.4. The number of halogens is 1. The summed E-state index contributed by atoms with van der Waals surface area (Å²) >= 11 is 6.40. The Kier molecular flexibility index (Phi) is 34.3. The summed E-state index contributed by atoms with van der Waals surface area (Å²) in [6.07, 6.45) is -8.70. The highest BCUT2D eigenvalue weighted by molar-refractivity contribution is 7.85. The summed E-state index contributed by atoms with van der Waals surface area (Å²) in [6, 6.07) is 9.88. The number of methoxy groups -OCH3 is 2. The number of cyclic esters (lactones) is 2. The topological polar surface area (TPSA) is 434 Å². The number of nitrogens with zero attached hydrogens (tertiary/aromatic N) is 1. The lowest BCUT2D eigenvalue weighted by Gasteiger charge is -2.39. The molecule has 2 aromatic carbocycles. The van der Waals surface area contributed by atoms with Gasteiger partial charge in [0.25, 0.3) is 10.1 Å². The fourth-order valence-electron chi connectivity index (χ4n) is 11.5. The van der Waals surface area contributed by atoms with E-state index in [9.17, 15) is 76.5 Å². The minimum Gasteiger partial charge on any atom is -0.495 e. The fraction of sp³-hybridized carbons (Fsp3) is 0.620. The number of carbonyl (C=O) groups excluding carboxylic acids is 11. The molecule has 5 rings (SSSR count). The van der Waals surface area contributed by atoms with Gasteiger partial charge in [0.15, 0.2) is 18.2 Å². The molecule has 30 nitrogen and oxygen atoms in total. The van der Waals surface area contributed by atoms with Crippen molar-refractivity contribution in [2.45, 2.75) is 193 Å². The molecule has 2 aromatic rings. The highest BCUT2D eigenvalue weighted by Crippen LogP contribution is 2.45. The van der Waals surface area contributed by atoms with Gasteiger partial charge in [-0.25, -0.2) is 4.79 Å². The van der Waals surface area contributed by atoms with Crippen molar-refractivity contribution in [3.63, 3.8) is 0 Å². The fourth-order valence-corrected chi connectivity index (χ4v) is 12.1.